The molecule has 2 aliphatic carbocycles. The van der Waals surface area contributed by atoms with Crippen molar-refractivity contribution in [3.05, 3.63) is 11.6 Å². The lowest BCUT2D eigenvalue weighted by Crippen LogP contribution is -2.46. The van der Waals surface area contributed by atoms with Gasteiger partial charge < -0.3 is 19.7 Å². The topological polar surface area (TPSA) is 58.9 Å². The van der Waals surface area contributed by atoms with Crippen LogP contribution in [0.15, 0.2) is 11.6 Å². The van der Waals surface area contributed by atoms with Gasteiger partial charge in [-0.05, 0) is 39.5 Å². The van der Waals surface area contributed by atoms with Crippen molar-refractivity contribution < 1.29 is 19.7 Å². The van der Waals surface area contributed by atoms with E-state index in [9.17, 15) is 10.2 Å². The highest BCUT2D eigenvalue weighted by atomic mass is 16.7. The van der Waals surface area contributed by atoms with E-state index in [2.05, 4.69) is 13.0 Å². The third-order valence-electron chi connectivity index (χ3n) is 5.79. The van der Waals surface area contributed by atoms with Crippen LogP contribution in [-0.4, -0.2) is 41.4 Å². The molecular formula is C16H26O4. The molecule has 0 aromatic rings. The molecule has 2 N–H and O–H groups in total. The Bertz CT molecular complexity index is 413. The average molecular weight is 282 g/mol. The number of hydrogen-bond acceptors (Lipinski definition) is 4. The Labute approximate surface area is 120 Å². The van der Waals surface area contributed by atoms with E-state index >= 15 is 0 Å². The summed E-state index contributed by atoms with van der Waals surface area (Å²) in [5, 5.41) is 20.7. The molecule has 0 unspecified atom stereocenters. The number of aliphatic hydroxyl groups excluding tert-OH is 1. The van der Waals surface area contributed by atoms with E-state index in [1.807, 2.05) is 6.92 Å². The van der Waals surface area contributed by atoms with Gasteiger partial charge in [0, 0.05) is 24.4 Å². The minimum Gasteiger partial charge on any atom is -0.396 e. The number of ether oxygens (including phenoxy) is 2. The van der Waals surface area contributed by atoms with Crippen LogP contribution >= 0.6 is 0 Å². The largest absolute Gasteiger partial charge is 0.396 e. The minimum atomic E-state index is -0.738. The zero-order valence-corrected chi connectivity index (χ0v) is 12.5. The van der Waals surface area contributed by atoms with Crippen molar-refractivity contribution in [1.29, 1.82) is 0 Å². The van der Waals surface area contributed by atoms with Crippen LogP contribution in [-0.2, 0) is 9.47 Å². The lowest BCUT2D eigenvalue weighted by Gasteiger charge is -2.40. The van der Waals surface area contributed by atoms with Crippen LogP contribution < -0.4 is 0 Å². The quantitative estimate of drug-likeness (QED) is 0.757. The summed E-state index contributed by atoms with van der Waals surface area (Å²) >= 11 is 0. The lowest BCUT2D eigenvalue weighted by molar-refractivity contribution is -0.164. The molecule has 4 heteroatoms. The second-order valence-corrected chi connectivity index (χ2v) is 6.86. The van der Waals surface area contributed by atoms with E-state index in [0.717, 1.165) is 12.8 Å². The summed E-state index contributed by atoms with van der Waals surface area (Å²) in [6.07, 6.45) is 6.24. The van der Waals surface area contributed by atoms with Gasteiger partial charge >= 0.3 is 0 Å². The van der Waals surface area contributed by atoms with Gasteiger partial charge in [0.2, 0.25) is 0 Å². The van der Waals surface area contributed by atoms with Gasteiger partial charge in [-0.15, -0.1) is 0 Å². The normalized spacial score (nSPS) is 42.2. The number of hydrogen-bond donors (Lipinski definition) is 2. The van der Waals surface area contributed by atoms with Crippen molar-refractivity contribution in [2.24, 2.45) is 11.3 Å². The zero-order chi connectivity index (χ0) is 14.4. The Balaban J connectivity index is 1.77. The molecule has 3 atom stereocenters. The van der Waals surface area contributed by atoms with Crippen LogP contribution in [0.25, 0.3) is 0 Å². The summed E-state index contributed by atoms with van der Waals surface area (Å²) in [6, 6.07) is 0. The third-order valence-corrected chi connectivity index (χ3v) is 5.79. The van der Waals surface area contributed by atoms with Crippen molar-refractivity contribution in [3.8, 4) is 0 Å². The van der Waals surface area contributed by atoms with Gasteiger partial charge in [0.15, 0.2) is 5.79 Å². The Kier molecular flexibility index (Phi) is 3.49. The molecule has 2 fully saturated rings. The fourth-order valence-electron chi connectivity index (χ4n) is 4.70. The molecule has 0 aromatic heterocycles. The molecule has 0 spiro atoms. The molecule has 20 heavy (non-hydrogen) atoms. The lowest BCUT2D eigenvalue weighted by atomic mass is 9.71. The Morgan fingerprint density at radius 1 is 1.25 bits per heavy atom. The first-order valence-electron chi connectivity index (χ1n) is 7.75. The summed E-state index contributed by atoms with van der Waals surface area (Å²) in [4.78, 5) is 0. The van der Waals surface area contributed by atoms with Crippen molar-refractivity contribution in [2.75, 3.05) is 19.8 Å². The molecule has 114 valence electrons. The highest BCUT2D eigenvalue weighted by Gasteiger charge is 2.62. The van der Waals surface area contributed by atoms with Crippen LogP contribution in [0.4, 0.5) is 0 Å². The van der Waals surface area contributed by atoms with E-state index in [1.165, 1.54) is 5.57 Å². The van der Waals surface area contributed by atoms with Crippen molar-refractivity contribution >= 4 is 0 Å². The van der Waals surface area contributed by atoms with Crippen molar-refractivity contribution in [3.63, 3.8) is 0 Å². The van der Waals surface area contributed by atoms with Crippen molar-refractivity contribution in [2.45, 2.75) is 57.3 Å². The van der Waals surface area contributed by atoms with Crippen LogP contribution in [0.1, 0.15) is 46.0 Å². The van der Waals surface area contributed by atoms with Gasteiger partial charge in [-0.3, -0.25) is 0 Å². The summed E-state index contributed by atoms with van der Waals surface area (Å²) < 4.78 is 11.3. The molecule has 1 saturated carbocycles. The molecule has 1 aliphatic heterocycles. The Hall–Kier alpha value is -0.420. The minimum absolute atomic E-state index is 0.128. The standard InChI is InChI=1S/C16H26O4/c1-12-11-15(7-8-17)4-3-13(12)16(15,18)6-5-14(2)19-9-10-20-14/h11,13,17-18H,3-10H2,1-2H3/t13-,15-,16-/m0/s1. The molecular weight excluding hydrogens is 256 g/mol. The Morgan fingerprint density at radius 2 is 1.95 bits per heavy atom. The van der Waals surface area contributed by atoms with Gasteiger partial charge in [0.05, 0.1) is 18.8 Å². The van der Waals surface area contributed by atoms with Gasteiger partial charge in [0.25, 0.3) is 0 Å². The van der Waals surface area contributed by atoms with E-state index in [0.29, 0.717) is 32.5 Å². The monoisotopic (exact) mass is 282 g/mol. The fraction of sp³-hybridized carbons (Fsp3) is 0.875. The molecule has 1 saturated heterocycles. The second-order valence-electron chi connectivity index (χ2n) is 6.86. The maximum atomic E-state index is 11.3. The summed E-state index contributed by atoms with van der Waals surface area (Å²) in [7, 11) is 0. The molecule has 0 radical (unpaired) electrons. The number of aliphatic hydroxyl groups is 2. The highest BCUT2D eigenvalue weighted by Crippen LogP contribution is 2.63. The molecule has 0 aromatic carbocycles. The maximum absolute atomic E-state index is 11.3. The molecule has 2 bridgehead atoms. The molecule has 0 amide bonds. The third kappa shape index (κ3) is 1.97. The fourth-order valence-corrected chi connectivity index (χ4v) is 4.70. The van der Waals surface area contributed by atoms with Crippen LogP contribution in [0.5, 0.6) is 0 Å². The van der Waals surface area contributed by atoms with Crippen LogP contribution in [0.3, 0.4) is 0 Å². The van der Waals surface area contributed by atoms with Crippen molar-refractivity contribution in [1.82, 2.24) is 0 Å². The van der Waals surface area contributed by atoms with Gasteiger partial charge in [-0.2, -0.15) is 0 Å². The smallest absolute Gasteiger partial charge is 0.165 e. The SMILES string of the molecule is CC1=C[C@@]2(CCO)CC[C@@H]1[C@@]2(O)CCC1(C)OCCO1. The van der Waals surface area contributed by atoms with E-state index in [4.69, 9.17) is 9.47 Å². The number of rotatable bonds is 5. The van der Waals surface area contributed by atoms with Crippen LogP contribution in [0.2, 0.25) is 0 Å². The first kappa shape index (κ1) is 14.5. The van der Waals surface area contributed by atoms with E-state index in [1.54, 1.807) is 0 Å². The second kappa shape index (κ2) is 4.80. The van der Waals surface area contributed by atoms with Crippen LogP contribution in [0, 0.1) is 11.3 Å². The van der Waals surface area contributed by atoms with Gasteiger partial charge in [0.1, 0.15) is 0 Å². The molecule has 4 nitrogen and oxygen atoms in total. The molecule has 3 rings (SSSR count). The van der Waals surface area contributed by atoms with E-state index in [-0.39, 0.29) is 17.9 Å². The molecule has 3 aliphatic rings. The first-order chi connectivity index (χ1) is 9.45. The van der Waals surface area contributed by atoms with Gasteiger partial charge in [-0.25, -0.2) is 0 Å². The first-order valence-corrected chi connectivity index (χ1v) is 7.75. The maximum Gasteiger partial charge on any atom is 0.165 e. The summed E-state index contributed by atoms with van der Waals surface area (Å²) in [5.41, 5.74) is 0.300. The molecule has 1 heterocycles. The highest BCUT2D eigenvalue weighted by molar-refractivity contribution is 5.33. The predicted molar refractivity (Wildman–Crippen MR) is 75.1 cm³/mol. The average Bonchev–Trinajstić information content (AvgIpc) is 2.99. The van der Waals surface area contributed by atoms with E-state index < -0.39 is 11.4 Å². The predicted octanol–water partition coefficient (Wildman–Crippen LogP) is 2.00. The van der Waals surface area contributed by atoms with Gasteiger partial charge in [-0.1, -0.05) is 11.6 Å². The Morgan fingerprint density at radius 3 is 2.55 bits per heavy atom. The number of fused-ring (bicyclic) bond motifs is 2. The summed E-state index contributed by atoms with van der Waals surface area (Å²) in [6.45, 7) is 5.47. The summed E-state index contributed by atoms with van der Waals surface area (Å²) in [5.74, 6) is -0.314. The zero-order valence-electron chi connectivity index (χ0n) is 12.5.